The Balaban J connectivity index is 2.02. The van der Waals surface area contributed by atoms with Crippen LogP contribution in [-0.4, -0.2) is 59.5 Å². The van der Waals surface area contributed by atoms with Gasteiger partial charge in [-0.3, -0.25) is 9.78 Å². The molecule has 0 atom stereocenters. The molecule has 1 saturated heterocycles. The lowest BCUT2D eigenvalue weighted by atomic mass is 10.2. The number of hydrogen-bond donors (Lipinski definition) is 1. The number of carbonyl (C=O) groups is 1. The molecule has 1 N–H and O–H groups in total. The molecular weight excluding hydrogens is 252 g/mol. The third kappa shape index (κ3) is 3.70. The minimum absolute atomic E-state index is 0.0839. The van der Waals surface area contributed by atoms with E-state index in [2.05, 4.69) is 36.0 Å². The van der Waals surface area contributed by atoms with Crippen LogP contribution in [0.1, 0.15) is 31.1 Å². The fourth-order valence-corrected chi connectivity index (χ4v) is 2.42. The van der Waals surface area contributed by atoms with Gasteiger partial charge in [-0.05, 0) is 26.5 Å². The summed E-state index contributed by atoms with van der Waals surface area (Å²) in [4.78, 5) is 20.9. The van der Waals surface area contributed by atoms with Gasteiger partial charge in [-0.1, -0.05) is 6.92 Å². The van der Waals surface area contributed by atoms with Crippen LogP contribution in [0.3, 0.4) is 0 Å². The number of rotatable bonds is 4. The molecule has 0 bridgehead atoms. The maximum atomic E-state index is 12.5. The molecule has 5 heteroatoms. The van der Waals surface area contributed by atoms with Crippen LogP contribution in [0.2, 0.25) is 0 Å². The molecule has 2 heterocycles. The predicted molar refractivity (Wildman–Crippen MR) is 81.0 cm³/mol. The summed E-state index contributed by atoms with van der Waals surface area (Å²) < 4.78 is 0. The molecule has 1 aliphatic rings. The lowest BCUT2D eigenvalue weighted by molar-refractivity contribution is 0.0643. The molecule has 1 aromatic rings. The van der Waals surface area contributed by atoms with Gasteiger partial charge in [-0.2, -0.15) is 0 Å². The summed E-state index contributed by atoms with van der Waals surface area (Å²) in [7, 11) is 0. The van der Waals surface area contributed by atoms with Gasteiger partial charge in [0.1, 0.15) is 0 Å². The normalized spacial score (nSPS) is 16.5. The third-order valence-corrected chi connectivity index (χ3v) is 3.55. The van der Waals surface area contributed by atoms with Gasteiger partial charge in [-0.25, -0.2) is 0 Å². The first-order valence-electron chi connectivity index (χ1n) is 7.33. The number of pyridine rings is 1. The minimum atomic E-state index is 0.0839. The Morgan fingerprint density at radius 2 is 2.00 bits per heavy atom. The zero-order chi connectivity index (χ0) is 14.5. The highest BCUT2D eigenvalue weighted by atomic mass is 16.2. The van der Waals surface area contributed by atoms with Crippen molar-refractivity contribution in [3.63, 3.8) is 0 Å². The second-order valence-corrected chi connectivity index (χ2v) is 5.49. The maximum Gasteiger partial charge on any atom is 0.255 e. The number of hydrogen-bond acceptors (Lipinski definition) is 4. The first-order valence-corrected chi connectivity index (χ1v) is 7.33. The summed E-state index contributed by atoms with van der Waals surface area (Å²) in [5, 5.41) is 3.28. The van der Waals surface area contributed by atoms with Gasteiger partial charge in [0.2, 0.25) is 0 Å². The number of likely N-dealkylation sites (N-methyl/N-ethyl adjacent to an activating group) is 1. The zero-order valence-electron chi connectivity index (χ0n) is 12.6. The van der Waals surface area contributed by atoms with E-state index in [9.17, 15) is 4.79 Å². The van der Waals surface area contributed by atoms with Crippen LogP contribution in [0.5, 0.6) is 0 Å². The summed E-state index contributed by atoms with van der Waals surface area (Å²) in [6.07, 6.45) is 3.41. The van der Waals surface area contributed by atoms with Crippen molar-refractivity contribution in [1.29, 1.82) is 0 Å². The first kappa shape index (κ1) is 14.8. The standard InChI is InChI=1S/C15H24N4O/c1-4-18-5-7-19(8-6-18)15(20)13-9-14(11-16-10-13)17-12(2)3/h9-12,17H,4-8H2,1-3H3. The summed E-state index contributed by atoms with van der Waals surface area (Å²) >= 11 is 0. The van der Waals surface area contributed by atoms with E-state index in [0.29, 0.717) is 11.6 Å². The SMILES string of the molecule is CCN1CCN(C(=O)c2cncc(NC(C)C)c2)CC1. The Kier molecular flexibility index (Phi) is 4.95. The monoisotopic (exact) mass is 276 g/mol. The molecule has 0 aliphatic carbocycles. The fourth-order valence-electron chi connectivity index (χ4n) is 2.42. The highest BCUT2D eigenvalue weighted by molar-refractivity contribution is 5.94. The van der Waals surface area contributed by atoms with Gasteiger partial charge in [0.25, 0.3) is 5.91 Å². The average Bonchev–Trinajstić information content (AvgIpc) is 2.46. The van der Waals surface area contributed by atoms with Crippen molar-refractivity contribution in [2.24, 2.45) is 0 Å². The molecule has 0 unspecified atom stereocenters. The van der Waals surface area contributed by atoms with Gasteiger partial charge in [0, 0.05) is 44.6 Å². The van der Waals surface area contributed by atoms with E-state index in [1.165, 1.54) is 0 Å². The molecule has 5 nitrogen and oxygen atoms in total. The number of anilines is 1. The summed E-state index contributed by atoms with van der Waals surface area (Å²) in [6, 6.07) is 2.22. The lowest BCUT2D eigenvalue weighted by Crippen LogP contribution is -2.48. The highest BCUT2D eigenvalue weighted by Crippen LogP contribution is 2.13. The second-order valence-electron chi connectivity index (χ2n) is 5.49. The molecule has 1 amide bonds. The van der Waals surface area contributed by atoms with E-state index >= 15 is 0 Å². The Hall–Kier alpha value is -1.62. The molecular formula is C15H24N4O. The van der Waals surface area contributed by atoms with E-state index in [1.807, 2.05) is 11.0 Å². The topological polar surface area (TPSA) is 48.5 Å². The van der Waals surface area contributed by atoms with Gasteiger partial charge in [-0.15, -0.1) is 0 Å². The Labute approximate surface area is 121 Å². The van der Waals surface area contributed by atoms with Crippen LogP contribution >= 0.6 is 0 Å². The van der Waals surface area contributed by atoms with Crippen LogP contribution in [0.15, 0.2) is 18.5 Å². The molecule has 1 aliphatic heterocycles. The maximum absolute atomic E-state index is 12.5. The minimum Gasteiger partial charge on any atom is -0.382 e. The van der Waals surface area contributed by atoms with E-state index in [4.69, 9.17) is 0 Å². The number of piperazine rings is 1. The van der Waals surface area contributed by atoms with E-state index in [-0.39, 0.29) is 5.91 Å². The lowest BCUT2D eigenvalue weighted by Gasteiger charge is -2.34. The molecule has 0 spiro atoms. The van der Waals surface area contributed by atoms with Crippen molar-refractivity contribution >= 4 is 11.6 Å². The largest absolute Gasteiger partial charge is 0.382 e. The van der Waals surface area contributed by atoms with Crippen molar-refractivity contribution in [2.45, 2.75) is 26.8 Å². The average molecular weight is 276 g/mol. The van der Waals surface area contributed by atoms with Gasteiger partial charge in [0.05, 0.1) is 11.3 Å². The molecule has 1 aromatic heterocycles. The number of nitrogens with one attached hydrogen (secondary N) is 1. The number of nitrogens with zero attached hydrogens (tertiary/aromatic N) is 3. The molecule has 2 rings (SSSR count). The predicted octanol–water partition coefficient (Wildman–Crippen LogP) is 1.68. The Morgan fingerprint density at radius 1 is 1.30 bits per heavy atom. The van der Waals surface area contributed by atoms with Crippen molar-refractivity contribution < 1.29 is 4.79 Å². The van der Waals surface area contributed by atoms with Gasteiger partial charge < -0.3 is 15.1 Å². The zero-order valence-corrected chi connectivity index (χ0v) is 12.6. The molecule has 0 radical (unpaired) electrons. The number of amides is 1. The summed E-state index contributed by atoms with van der Waals surface area (Å²) in [6.45, 7) is 10.9. The third-order valence-electron chi connectivity index (χ3n) is 3.55. The Morgan fingerprint density at radius 3 is 2.60 bits per heavy atom. The van der Waals surface area contributed by atoms with Crippen molar-refractivity contribution in [1.82, 2.24) is 14.8 Å². The van der Waals surface area contributed by atoms with E-state index in [1.54, 1.807) is 12.4 Å². The van der Waals surface area contributed by atoms with Crippen LogP contribution in [0.4, 0.5) is 5.69 Å². The smallest absolute Gasteiger partial charge is 0.255 e. The van der Waals surface area contributed by atoms with Crippen molar-refractivity contribution in [2.75, 3.05) is 38.0 Å². The Bertz CT molecular complexity index is 453. The quantitative estimate of drug-likeness (QED) is 0.909. The molecule has 0 saturated carbocycles. The summed E-state index contributed by atoms with van der Waals surface area (Å²) in [5.74, 6) is 0.0839. The number of aromatic nitrogens is 1. The molecule has 0 aromatic carbocycles. The summed E-state index contributed by atoms with van der Waals surface area (Å²) in [5.41, 5.74) is 1.57. The van der Waals surface area contributed by atoms with E-state index < -0.39 is 0 Å². The fraction of sp³-hybridized carbons (Fsp3) is 0.600. The molecule has 1 fully saturated rings. The second kappa shape index (κ2) is 6.70. The van der Waals surface area contributed by atoms with Crippen molar-refractivity contribution in [3.05, 3.63) is 24.0 Å². The highest BCUT2D eigenvalue weighted by Gasteiger charge is 2.21. The van der Waals surface area contributed by atoms with Crippen LogP contribution in [-0.2, 0) is 0 Å². The van der Waals surface area contributed by atoms with E-state index in [0.717, 1.165) is 38.4 Å². The van der Waals surface area contributed by atoms with Gasteiger partial charge in [0.15, 0.2) is 0 Å². The van der Waals surface area contributed by atoms with Gasteiger partial charge >= 0.3 is 0 Å². The van der Waals surface area contributed by atoms with Crippen LogP contribution in [0.25, 0.3) is 0 Å². The van der Waals surface area contributed by atoms with Crippen molar-refractivity contribution in [3.8, 4) is 0 Å². The first-order chi connectivity index (χ1) is 9.60. The van der Waals surface area contributed by atoms with Crippen LogP contribution < -0.4 is 5.32 Å². The molecule has 20 heavy (non-hydrogen) atoms. The molecule has 110 valence electrons. The van der Waals surface area contributed by atoms with Crippen LogP contribution in [0, 0.1) is 0 Å². The number of carbonyl (C=O) groups excluding carboxylic acids is 1.